The summed E-state index contributed by atoms with van der Waals surface area (Å²) in [6.07, 6.45) is 21.0. The molecule has 0 spiro atoms. The van der Waals surface area contributed by atoms with E-state index in [2.05, 4.69) is 20.8 Å². The first-order valence-corrected chi connectivity index (χ1v) is 17.2. The number of nitro groups is 1. The van der Waals surface area contributed by atoms with Crippen LogP contribution in [0.2, 0.25) is 0 Å². The van der Waals surface area contributed by atoms with E-state index in [9.17, 15) is 24.8 Å². The molecular weight excluding hydrogens is 546 g/mol. The topological polar surface area (TPSA) is 116 Å². The van der Waals surface area contributed by atoms with Crippen LogP contribution in [0.5, 0.6) is 5.75 Å². The zero-order valence-corrected chi connectivity index (χ0v) is 27.2. The maximum atomic E-state index is 12.4. The van der Waals surface area contributed by atoms with E-state index in [0.717, 1.165) is 96.3 Å². The van der Waals surface area contributed by atoms with Crippen molar-refractivity contribution in [1.29, 1.82) is 0 Å². The van der Waals surface area contributed by atoms with Crippen LogP contribution in [0.15, 0.2) is 24.3 Å². The molecule has 1 aromatic carbocycles. The van der Waals surface area contributed by atoms with Gasteiger partial charge in [0.1, 0.15) is 11.9 Å². The van der Waals surface area contributed by atoms with Gasteiger partial charge >= 0.3 is 12.1 Å². The molecule has 2 unspecified atom stereocenters. The fraction of sp³-hybridized carbons (Fsp3) is 0.771. The van der Waals surface area contributed by atoms with Gasteiger partial charge in [0.2, 0.25) is 0 Å². The summed E-state index contributed by atoms with van der Waals surface area (Å²) in [7, 11) is 0. The molecule has 0 aliphatic rings. The summed E-state index contributed by atoms with van der Waals surface area (Å²) in [5, 5.41) is 20.7. The van der Waals surface area contributed by atoms with Crippen molar-refractivity contribution in [2.45, 2.75) is 162 Å². The molecule has 8 heteroatoms. The second-order valence-corrected chi connectivity index (χ2v) is 12.2. The van der Waals surface area contributed by atoms with Gasteiger partial charge in [-0.05, 0) is 56.6 Å². The van der Waals surface area contributed by atoms with E-state index >= 15 is 0 Å². The van der Waals surface area contributed by atoms with Crippen LogP contribution >= 0.6 is 0 Å². The molecule has 1 rings (SSSR count). The number of nitro benzene ring substituents is 1. The molecule has 2 atom stereocenters. The lowest BCUT2D eigenvalue weighted by Crippen LogP contribution is -2.21. The predicted octanol–water partition coefficient (Wildman–Crippen LogP) is 11.0. The number of unbranched alkanes of at least 4 members (excludes halogenated alkanes) is 11. The van der Waals surface area contributed by atoms with E-state index in [1.165, 1.54) is 62.8 Å². The highest BCUT2D eigenvalue weighted by Gasteiger charge is 2.22. The maximum absolute atomic E-state index is 12.4. The summed E-state index contributed by atoms with van der Waals surface area (Å²) >= 11 is 0. The average molecular weight is 606 g/mol. The minimum absolute atomic E-state index is 0.0676. The van der Waals surface area contributed by atoms with Gasteiger partial charge in [0.15, 0.2) is 0 Å². The van der Waals surface area contributed by atoms with Gasteiger partial charge in [-0.1, -0.05) is 117 Å². The lowest BCUT2D eigenvalue weighted by molar-refractivity contribution is -0.384. The highest BCUT2D eigenvalue weighted by molar-refractivity contribution is 5.69. The van der Waals surface area contributed by atoms with Crippen LogP contribution in [0.1, 0.15) is 156 Å². The molecule has 0 radical (unpaired) electrons. The average Bonchev–Trinajstić information content (AvgIpc) is 2.98. The van der Waals surface area contributed by atoms with Crippen molar-refractivity contribution in [3.63, 3.8) is 0 Å². The predicted molar refractivity (Wildman–Crippen MR) is 173 cm³/mol. The van der Waals surface area contributed by atoms with E-state index in [-0.39, 0.29) is 23.5 Å². The van der Waals surface area contributed by atoms with Crippen LogP contribution in [-0.4, -0.2) is 28.3 Å². The Morgan fingerprint density at radius 1 is 0.721 bits per heavy atom. The van der Waals surface area contributed by atoms with Crippen LogP contribution in [0.3, 0.4) is 0 Å². The van der Waals surface area contributed by atoms with Crippen LogP contribution in [0.4, 0.5) is 10.5 Å². The first-order valence-electron chi connectivity index (χ1n) is 17.2. The summed E-state index contributed by atoms with van der Waals surface area (Å²) in [6, 6.07) is 5.37. The summed E-state index contributed by atoms with van der Waals surface area (Å²) < 4.78 is 10.9. The molecule has 0 amide bonds. The van der Waals surface area contributed by atoms with Gasteiger partial charge in [-0.15, -0.1) is 0 Å². The third-order valence-electron chi connectivity index (χ3n) is 8.37. The highest BCUT2D eigenvalue weighted by Crippen LogP contribution is 2.28. The third-order valence-corrected chi connectivity index (χ3v) is 8.37. The van der Waals surface area contributed by atoms with Gasteiger partial charge in [-0.3, -0.25) is 14.9 Å². The second-order valence-electron chi connectivity index (χ2n) is 12.2. The molecule has 0 aromatic heterocycles. The van der Waals surface area contributed by atoms with Crippen molar-refractivity contribution < 1.29 is 29.1 Å². The molecule has 0 bridgehead atoms. The third kappa shape index (κ3) is 19.3. The summed E-state index contributed by atoms with van der Waals surface area (Å²) in [5.41, 5.74) is -0.0676. The van der Waals surface area contributed by atoms with Crippen LogP contribution in [-0.2, 0) is 9.53 Å². The van der Waals surface area contributed by atoms with Crippen molar-refractivity contribution in [3.05, 3.63) is 34.4 Å². The number of benzene rings is 1. The fourth-order valence-corrected chi connectivity index (χ4v) is 5.74. The van der Waals surface area contributed by atoms with E-state index in [4.69, 9.17) is 9.47 Å². The lowest BCUT2D eigenvalue weighted by atomic mass is 9.84. The molecule has 8 nitrogen and oxygen atoms in total. The van der Waals surface area contributed by atoms with Gasteiger partial charge in [-0.25, -0.2) is 4.79 Å². The number of ether oxygens (including phenoxy) is 2. The zero-order chi connectivity index (χ0) is 31.7. The standard InChI is InChI=1S/C35H59NO7/c1-4-7-10-17-22-32(42-35(39)43-33-26-24-31(25-27-33)36(40)41)23-18-13-11-12-16-21-30(34(37)38)28-29(19-14-8-5-2)20-15-9-6-3/h24-27,29-30,32H,4-23,28H2,1-3H3,(H,37,38). The van der Waals surface area contributed by atoms with Crippen LogP contribution in [0.25, 0.3) is 0 Å². The number of nitrogens with zero attached hydrogens (tertiary/aromatic N) is 1. The van der Waals surface area contributed by atoms with Crippen LogP contribution in [0, 0.1) is 22.0 Å². The molecule has 1 aromatic rings. The molecule has 0 fully saturated rings. The zero-order valence-electron chi connectivity index (χ0n) is 27.2. The van der Waals surface area contributed by atoms with Gasteiger partial charge in [0.25, 0.3) is 5.69 Å². The van der Waals surface area contributed by atoms with Crippen molar-refractivity contribution in [1.82, 2.24) is 0 Å². The van der Waals surface area contributed by atoms with E-state index < -0.39 is 17.0 Å². The van der Waals surface area contributed by atoms with Crippen LogP contribution < -0.4 is 4.74 Å². The quantitative estimate of drug-likeness (QED) is 0.0348. The minimum Gasteiger partial charge on any atom is -0.481 e. The molecule has 0 aliphatic carbocycles. The SMILES string of the molecule is CCCCCCC(CCCCCCCC(CC(CCCCC)CCCCC)C(=O)O)OC(=O)Oc1ccc([N+](=O)[O-])cc1. The normalized spacial score (nSPS) is 12.7. The number of carboxylic acids is 1. The Hall–Kier alpha value is -2.64. The monoisotopic (exact) mass is 605 g/mol. The van der Waals surface area contributed by atoms with Crippen molar-refractivity contribution in [2.24, 2.45) is 11.8 Å². The van der Waals surface area contributed by atoms with E-state index in [1.54, 1.807) is 0 Å². The largest absolute Gasteiger partial charge is 0.514 e. The number of carbonyl (C=O) groups excluding carboxylic acids is 1. The molecule has 0 saturated heterocycles. The Balaban J connectivity index is 2.45. The van der Waals surface area contributed by atoms with E-state index in [0.29, 0.717) is 5.92 Å². The smallest absolute Gasteiger partial charge is 0.481 e. The molecule has 1 N–H and O–H groups in total. The Labute approximate surface area is 260 Å². The number of hydrogen-bond donors (Lipinski definition) is 1. The Morgan fingerprint density at radius 2 is 1.19 bits per heavy atom. The molecule has 246 valence electrons. The molecule has 0 heterocycles. The number of aliphatic carboxylic acids is 1. The number of hydrogen-bond acceptors (Lipinski definition) is 6. The highest BCUT2D eigenvalue weighted by atomic mass is 16.7. The van der Waals surface area contributed by atoms with Gasteiger partial charge in [0.05, 0.1) is 10.8 Å². The van der Waals surface area contributed by atoms with Crippen molar-refractivity contribution in [2.75, 3.05) is 0 Å². The number of rotatable bonds is 27. The Morgan fingerprint density at radius 3 is 1.70 bits per heavy atom. The summed E-state index contributed by atoms with van der Waals surface area (Å²) in [5.74, 6) is -0.135. The Kier molecular flexibility index (Phi) is 22.1. The number of carboxylic acid groups (broad SMARTS) is 1. The van der Waals surface area contributed by atoms with Crippen molar-refractivity contribution in [3.8, 4) is 5.75 Å². The lowest BCUT2D eigenvalue weighted by Gasteiger charge is -2.21. The number of carbonyl (C=O) groups is 2. The second kappa shape index (κ2) is 24.8. The summed E-state index contributed by atoms with van der Waals surface area (Å²) in [6.45, 7) is 6.59. The molecule has 0 saturated carbocycles. The molecular formula is C35H59NO7. The van der Waals surface area contributed by atoms with E-state index in [1.807, 2.05) is 0 Å². The summed E-state index contributed by atoms with van der Waals surface area (Å²) in [4.78, 5) is 34.8. The first-order chi connectivity index (χ1) is 20.8. The first kappa shape index (κ1) is 38.4. The minimum atomic E-state index is -0.781. The van der Waals surface area contributed by atoms with Gasteiger partial charge < -0.3 is 14.6 Å². The number of non-ortho nitro benzene ring substituents is 1. The maximum Gasteiger partial charge on any atom is 0.514 e. The van der Waals surface area contributed by atoms with Crippen molar-refractivity contribution >= 4 is 17.8 Å². The molecule has 0 aliphatic heterocycles. The Bertz CT molecular complexity index is 863. The fourth-order valence-electron chi connectivity index (χ4n) is 5.74. The van der Waals surface area contributed by atoms with Gasteiger partial charge in [-0.2, -0.15) is 0 Å². The molecule has 43 heavy (non-hydrogen) atoms. The van der Waals surface area contributed by atoms with Gasteiger partial charge in [0, 0.05) is 12.1 Å².